The first-order chi connectivity index (χ1) is 14.5. The fraction of sp³-hybridized carbons (Fsp3) is 0.308. The number of nitrogens with zero attached hydrogens (tertiary/aromatic N) is 2. The van der Waals surface area contributed by atoms with Crippen LogP contribution < -0.4 is 5.30 Å². The molecule has 1 atom stereocenters. The first-order valence-corrected chi connectivity index (χ1v) is 11.6. The van der Waals surface area contributed by atoms with Crippen LogP contribution in [-0.4, -0.2) is 19.0 Å². The van der Waals surface area contributed by atoms with Gasteiger partial charge in [-0.2, -0.15) is 0 Å². The van der Waals surface area contributed by atoms with Crippen LogP contribution >= 0.6 is 8.58 Å². The van der Waals surface area contributed by atoms with Crippen LogP contribution in [0.15, 0.2) is 78.0 Å². The van der Waals surface area contributed by atoms with Crippen molar-refractivity contribution in [3.05, 3.63) is 88.8 Å². The predicted octanol–water partition coefficient (Wildman–Crippen LogP) is 6.83. The van der Waals surface area contributed by atoms with Crippen LogP contribution in [0.2, 0.25) is 0 Å². The van der Waals surface area contributed by atoms with Gasteiger partial charge >= 0.3 is 0 Å². The summed E-state index contributed by atoms with van der Waals surface area (Å²) < 4.78 is 0. The number of nitroso groups, excluding NO2 is 1. The van der Waals surface area contributed by atoms with Gasteiger partial charge in [0.25, 0.3) is 0 Å². The SMILES string of the molecule is CCC(CC)(Pc1ccccc1CN(C)C)c1cc(-c2ccccc2)ccc1N=O. The van der Waals surface area contributed by atoms with E-state index >= 15 is 0 Å². The maximum Gasteiger partial charge on any atom is 0.112 e. The van der Waals surface area contributed by atoms with Crippen molar-refractivity contribution < 1.29 is 0 Å². The van der Waals surface area contributed by atoms with E-state index in [-0.39, 0.29) is 5.16 Å². The highest BCUT2D eigenvalue weighted by Gasteiger charge is 2.33. The second kappa shape index (κ2) is 10.1. The average Bonchev–Trinajstić information content (AvgIpc) is 2.78. The Morgan fingerprint density at radius 2 is 1.53 bits per heavy atom. The van der Waals surface area contributed by atoms with E-state index in [2.05, 4.69) is 80.5 Å². The molecule has 0 heterocycles. The van der Waals surface area contributed by atoms with Gasteiger partial charge in [-0.1, -0.05) is 83.1 Å². The Bertz CT molecular complexity index is 981. The Labute approximate surface area is 182 Å². The molecule has 0 saturated heterocycles. The fourth-order valence-corrected chi connectivity index (χ4v) is 5.77. The zero-order valence-electron chi connectivity index (χ0n) is 18.4. The van der Waals surface area contributed by atoms with Crippen LogP contribution in [-0.2, 0) is 11.7 Å². The number of rotatable bonds is 9. The van der Waals surface area contributed by atoms with Gasteiger partial charge in [-0.3, -0.25) is 0 Å². The van der Waals surface area contributed by atoms with Crippen molar-refractivity contribution in [1.82, 2.24) is 4.90 Å². The second-order valence-electron chi connectivity index (χ2n) is 8.00. The summed E-state index contributed by atoms with van der Waals surface area (Å²) in [5, 5.41) is 4.68. The van der Waals surface area contributed by atoms with Crippen LogP contribution in [0.5, 0.6) is 0 Å². The van der Waals surface area contributed by atoms with Gasteiger partial charge in [0, 0.05) is 11.7 Å². The van der Waals surface area contributed by atoms with Crippen molar-refractivity contribution in [3.8, 4) is 11.1 Å². The van der Waals surface area contributed by atoms with Gasteiger partial charge in [-0.25, -0.2) is 0 Å². The van der Waals surface area contributed by atoms with E-state index < -0.39 is 0 Å². The van der Waals surface area contributed by atoms with Gasteiger partial charge in [-0.15, -0.1) is 4.91 Å². The van der Waals surface area contributed by atoms with E-state index in [0.717, 1.165) is 36.1 Å². The molecule has 0 aliphatic carbocycles. The first-order valence-electron chi connectivity index (χ1n) is 10.6. The second-order valence-corrected chi connectivity index (χ2v) is 9.74. The molecular weight excluding hydrogens is 387 g/mol. The molecule has 1 unspecified atom stereocenters. The zero-order valence-corrected chi connectivity index (χ0v) is 19.4. The molecule has 0 bridgehead atoms. The molecule has 0 amide bonds. The van der Waals surface area contributed by atoms with E-state index in [9.17, 15) is 4.91 Å². The highest BCUT2D eigenvalue weighted by Crippen LogP contribution is 2.51. The van der Waals surface area contributed by atoms with E-state index in [0.29, 0.717) is 14.3 Å². The Balaban J connectivity index is 2.11. The van der Waals surface area contributed by atoms with Crippen LogP contribution in [0, 0.1) is 4.91 Å². The maximum absolute atomic E-state index is 11.8. The summed E-state index contributed by atoms with van der Waals surface area (Å²) in [7, 11) is 4.77. The van der Waals surface area contributed by atoms with Crippen molar-refractivity contribution in [2.24, 2.45) is 5.18 Å². The minimum Gasteiger partial charge on any atom is -0.305 e. The van der Waals surface area contributed by atoms with Crippen molar-refractivity contribution in [2.75, 3.05) is 14.1 Å². The van der Waals surface area contributed by atoms with Crippen LogP contribution in [0.1, 0.15) is 37.8 Å². The highest BCUT2D eigenvalue weighted by atomic mass is 31.1. The summed E-state index contributed by atoms with van der Waals surface area (Å²) in [5.41, 5.74) is 5.29. The number of hydrogen-bond acceptors (Lipinski definition) is 3. The molecule has 3 nitrogen and oxygen atoms in total. The van der Waals surface area contributed by atoms with Gasteiger partial charge in [0.1, 0.15) is 5.69 Å². The summed E-state index contributed by atoms with van der Waals surface area (Å²) in [6, 6.07) is 25.1. The molecule has 0 fully saturated rings. The molecule has 0 aromatic heterocycles. The van der Waals surface area contributed by atoms with Gasteiger partial charge in [-0.05, 0) is 71.8 Å². The minimum absolute atomic E-state index is 0.115. The van der Waals surface area contributed by atoms with Crippen LogP contribution in [0.25, 0.3) is 11.1 Å². The van der Waals surface area contributed by atoms with Crippen molar-refractivity contribution in [1.29, 1.82) is 0 Å². The lowest BCUT2D eigenvalue weighted by Crippen LogP contribution is -2.24. The molecule has 0 aliphatic rings. The smallest absolute Gasteiger partial charge is 0.112 e. The topological polar surface area (TPSA) is 32.7 Å². The third kappa shape index (κ3) is 4.86. The molecule has 0 saturated carbocycles. The van der Waals surface area contributed by atoms with Gasteiger partial charge in [0.2, 0.25) is 0 Å². The molecule has 3 aromatic rings. The van der Waals surface area contributed by atoms with Crippen LogP contribution in [0.3, 0.4) is 0 Å². The molecule has 0 spiro atoms. The van der Waals surface area contributed by atoms with Crippen molar-refractivity contribution >= 4 is 19.6 Å². The van der Waals surface area contributed by atoms with Gasteiger partial charge in [0.15, 0.2) is 0 Å². The standard InChI is InChI=1S/C26H31N2OP/c1-5-26(6-2,30-25-15-11-10-14-22(25)19-28(3)4)23-18-21(16-17-24(23)27-29)20-12-8-7-9-13-20/h7-18,30H,5-6,19H2,1-4H3. The largest absolute Gasteiger partial charge is 0.305 e. The summed E-state index contributed by atoms with van der Waals surface area (Å²) in [6.45, 7) is 5.37. The van der Waals surface area contributed by atoms with Gasteiger partial charge < -0.3 is 4.90 Å². The fourth-order valence-electron chi connectivity index (χ4n) is 4.06. The molecule has 0 N–H and O–H groups in total. The predicted molar refractivity (Wildman–Crippen MR) is 131 cm³/mol. The highest BCUT2D eigenvalue weighted by molar-refractivity contribution is 7.48. The summed E-state index contributed by atoms with van der Waals surface area (Å²) >= 11 is 0. The third-order valence-electron chi connectivity index (χ3n) is 5.80. The Morgan fingerprint density at radius 1 is 0.867 bits per heavy atom. The van der Waals surface area contributed by atoms with E-state index in [1.54, 1.807) is 0 Å². The molecule has 156 valence electrons. The first kappa shape index (κ1) is 22.3. The third-order valence-corrected chi connectivity index (χ3v) is 8.01. The Hall–Kier alpha value is -2.35. The molecule has 0 radical (unpaired) electrons. The molecule has 30 heavy (non-hydrogen) atoms. The lowest BCUT2D eigenvalue weighted by molar-refractivity contribution is 0.403. The summed E-state index contributed by atoms with van der Waals surface area (Å²) in [4.78, 5) is 14.0. The molecule has 3 aromatic carbocycles. The number of hydrogen-bond donors (Lipinski definition) is 0. The lowest BCUT2D eigenvalue weighted by atomic mass is 9.89. The lowest BCUT2D eigenvalue weighted by Gasteiger charge is -2.34. The normalized spacial score (nSPS) is 12.0. The molecule has 3 rings (SSSR count). The molecular formula is C26H31N2OP. The number of benzene rings is 3. The van der Waals surface area contributed by atoms with E-state index in [1.807, 2.05) is 30.3 Å². The summed E-state index contributed by atoms with van der Waals surface area (Å²) in [5.74, 6) is 0. The van der Waals surface area contributed by atoms with E-state index in [4.69, 9.17) is 0 Å². The Kier molecular flexibility index (Phi) is 7.53. The van der Waals surface area contributed by atoms with Crippen molar-refractivity contribution in [3.63, 3.8) is 0 Å². The minimum atomic E-state index is -0.115. The van der Waals surface area contributed by atoms with E-state index in [1.165, 1.54) is 10.9 Å². The van der Waals surface area contributed by atoms with Crippen LogP contribution in [0.4, 0.5) is 5.69 Å². The summed E-state index contributed by atoms with van der Waals surface area (Å²) in [6.07, 6.45) is 1.91. The molecule has 0 aliphatic heterocycles. The van der Waals surface area contributed by atoms with Crippen molar-refractivity contribution in [2.45, 2.75) is 38.4 Å². The monoisotopic (exact) mass is 418 g/mol. The van der Waals surface area contributed by atoms with Gasteiger partial charge in [0.05, 0.1) is 0 Å². The zero-order chi connectivity index (χ0) is 21.6. The average molecular weight is 419 g/mol. The maximum atomic E-state index is 11.8. The molecule has 4 heteroatoms. The Morgan fingerprint density at radius 3 is 2.17 bits per heavy atom. The quantitative estimate of drug-likeness (QED) is 0.282.